The van der Waals surface area contributed by atoms with Gasteiger partial charge in [-0.15, -0.1) is 0 Å². The van der Waals surface area contributed by atoms with Gasteiger partial charge in [-0.3, -0.25) is 0 Å². The number of carboxylic acids is 1. The number of urea groups is 1. The maximum absolute atomic E-state index is 13.3. The SMILES string of the molecule is CCC(C(=O)O)N(C)C(=O)Nc1c(F)cccc1F. The highest BCUT2D eigenvalue weighted by atomic mass is 19.1. The van der Waals surface area contributed by atoms with Gasteiger partial charge in [-0.1, -0.05) is 13.0 Å². The van der Waals surface area contributed by atoms with Crippen LogP contribution >= 0.6 is 0 Å². The molecule has 0 aliphatic carbocycles. The molecule has 0 aliphatic rings. The number of hydrogen-bond acceptors (Lipinski definition) is 2. The standard InChI is InChI=1S/C12H14F2N2O3/c1-3-9(11(17)18)16(2)12(19)15-10-7(13)5-4-6-8(10)14/h4-6,9H,3H2,1-2H3,(H,15,19)(H,17,18). The first-order valence-electron chi connectivity index (χ1n) is 5.59. The van der Waals surface area contributed by atoms with Gasteiger partial charge in [0.2, 0.25) is 0 Å². The number of nitrogens with one attached hydrogen (secondary N) is 1. The Hall–Kier alpha value is -2.18. The Bertz CT molecular complexity index is 474. The number of likely N-dealkylation sites (N-methyl/N-ethyl adjacent to an activating group) is 1. The lowest BCUT2D eigenvalue weighted by Crippen LogP contribution is -2.44. The van der Waals surface area contributed by atoms with Crippen molar-refractivity contribution in [3.63, 3.8) is 0 Å². The minimum atomic E-state index is -1.19. The summed E-state index contributed by atoms with van der Waals surface area (Å²) >= 11 is 0. The number of halogens is 2. The molecule has 0 saturated carbocycles. The van der Waals surface area contributed by atoms with Gasteiger partial charge in [-0.05, 0) is 18.6 Å². The van der Waals surface area contributed by atoms with Crippen molar-refractivity contribution >= 4 is 17.7 Å². The van der Waals surface area contributed by atoms with Gasteiger partial charge in [0.1, 0.15) is 23.4 Å². The molecule has 1 rings (SSSR count). The Balaban J connectivity index is 2.88. The Morgan fingerprint density at radius 2 is 1.89 bits per heavy atom. The van der Waals surface area contributed by atoms with Gasteiger partial charge in [-0.2, -0.15) is 0 Å². The summed E-state index contributed by atoms with van der Waals surface area (Å²) < 4.78 is 26.7. The monoisotopic (exact) mass is 272 g/mol. The van der Waals surface area contributed by atoms with E-state index < -0.39 is 35.4 Å². The van der Waals surface area contributed by atoms with Crippen molar-refractivity contribution < 1.29 is 23.5 Å². The number of para-hydroxylation sites is 1. The van der Waals surface area contributed by atoms with E-state index in [1.165, 1.54) is 7.05 Å². The minimum Gasteiger partial charge on any atom is -0.480 e. The fourth-order valence-corrected chi connectivity index (χ4v) is 1.57. The molecule has 7 heteroatoms. The third kappa shape index (κ3) is 3.40. The van der Waals surface area contributed by atoms with Crippen LogP contribution < -0.4 is 5.32 Å². The van der Waals surface area contributed by atoms with Gasteiger partial charge in [0, 0.05) is 7.05 Å². The molecule has 1 aromatic carbocycles. The van der Waals surface area contributed by atoms with E-state index in [1.807, 2.05) is 5.32 Å². The summed E-state index contributed by atoms with van der Waals surface area (Å²) in [6.45, 7) is 1.59. The Morgan fingerprint density at radius 3 is 2.32 bits per heavy atom. The van der Waals surface area contributed by atoms with Crippen molar-refractivity contribution in [2.24, 2.45) is 0 Å². The average Bonchev–Trinajstić information content (AvgIpc) is 2.34. The highest BCUT2D eigenvalue weighted by Crippen LogP contribution is 2.18. The first-order chi connectivity index (χ1) is 8.88. The summed E-state index contributed by atoms with van der Waals surface area (Å²) in [5.74, 6) is -3.04. The molecule has 1 unspecified atom stereocenters. The van der Waals surface area contributed by atoms with Gasteiger partial charge in [0.15, 0.2) is 0 Å². The lowest BCUT2D eigenvalue weighted by molar-refractivity contribution is -0.141. The molecule has 2 N–H and O–H groups in total. The fourth-order valence-electron chi connectivity index (χ4n) is 1.57. The summed E-state index contributed by atoms with van der Waals surface area (Å²) in [4.78, 5) is 23.5. The molecule has 0 saturated heterocycles. The highest BCUT2D eigenvalue weighted by molar-refractivity contribution is 5.92. The number of amides is 2. The molecule has 0 spiro atoms. The Morgan fingerprint density at radius 1 is 1.37 bits per heavy atom. The normalized spacial score (nSPS) is 11.8. The molecule has 0 radical (unpaired) electrons. The average molecular weight is 272 g/mol. The minimum absolute atomic E-state index is 0.180. The number of benzene rings is 1. The predicted octanol–water partition coefficient (Wildman–Crippen LogP) is 2.29. The van der Waals surface area contributed by atoms with Crippen LogP contribution in [0.15, 0.2) is 18.2 Å². The van der Waals surface area contributed by atoms with Gasteiger partial charge in [0.25, 0.3) is 0 Å². The van der Waals surface area contributed by atoms with E-state index >= 15 is 0 Å². The largest absolute Gasteiger partial charge is 0.480 e. The van der Waals surface area contributed by atoms with Crippen molar-refractivity contribution in [2.45, 2.75) is 19.4 Å². The molecular weight excluding hydrogens is 258 g/mol. The molecule has 0 heterocycles. The van der Waals surface area contributed by atoms with Crippen molar-refractivity contribution in [3.8, 4) is 0 Å². The number of anilines is 1. The van der Waals surface area contributed by atoms with Crippen LogP contribution in [0.2, 0.25) is 0 Å². The summed E-state index contributed by atoms with van der Waals surface area (Å²) in [6.07, 6.45) is 0.180. The van der Waals surface area contributed by atoms with E-state index in [2.05, 4.69) is 0 Å². The molecule has 1 aromatic rings. The van der Waals surface area contributed by atoms with Crippen LogP contribution in [-0.4, -0.2) is 35.1 Å². The molecule has 0 fully saturated rings. The predicted molar refractivity (Wildman–Crippen MR) is 64.9 cm³/mol. The van der Waals surface area contributed by atoms with E-state index in [-0.39, 0.29) is 6.42 Å². The van der Waals surface area contributed by atoms with E-state index in [4.69, 9.17) is 5.11 Å². The lowest BCUT2D eigenvalue weighted by atomic mass is 10.2. The molecule has 5 nitrogen and oxygen atoms in total. The van der Waals surface area contributed by atoms with Crippen LogP contribution in [0.25, 0.3) is 0 Å². The first kappa shape index (κ1) is 14.9. The van der Waals surface area contributed by atoms with E-state index in [9.17, 15) is 18.4 Å². The van der Waals surface area contributed by atoms with Crippen molar-refractivity contribution in [2.75, 3.05) is 12.4 Å². The number of aliphatic carboxylic acids is 1. The second-order valence-corrected chi connectivity index (χ2v) is 3.90. The second-order valence-electron chi connectivity index (χ2n) is 3.90. The number of hydrogen-bond donors (Lipinski definition) is 2. The highest BCUT2D eigenvalue weighted by Gasteiger charge is 2.25. The molecule has 0 bridgehead atoms. The summed E-state index contributed by atoms with van der Waals surface area (Å²) in [6, 6.07) is 1.20. The second kappa shape index (κ2) is 6.12. The van der Waals surface area contributed by atoms with Gasteiger partial charge < -0.3 is 15.3 Å². The summed E-state index contributed by atoms with van der Waals surface area (Å²) in [7, 11) is 1.25. The lowest BCUT2D eigenvalue weighted by Gasteiger charge is -2.24. The third-order valence-corrected chi connectivity index (χ3v) is 2.65. The molecule has 2 amide bonds. The smallest absolute Gasteiger partial charge is 0.326 e. The molecule has 104 valence electrons. The van der Waals surface area contributed by atoms with Crippen molar-refractivity contribution in [1.82, 2.24) is 4.90 Å². The first-order valence-corrected chi connectivity index (χ1v) is 5.59. The molecule has 0 aromatic heterocycles. The zero-order valence-corrected chi connectivity index (χ0v) is 10.5. The fraction of sp³-hybridized carbons (Fsp3) is 0.333. The van der Waals surface area contributed by atoms with Gasteiger partial charge in [-0.25, -0.2) is 18.4 Å². The Labute approximate surface area is 108 Å². The van der Waals surface area contributed by atoms with E-state index in [0.717, 1.165) is 23.1 Å². The quantitative estimate of drug-likeness (QED) is 0.883. The van der Waals surface area contributed by atoms with E-state index in [0.29, 0.717) is 0 Å². The number of carbonyl (C=O) groups excluding carboxylic acids is 1. The number of rotatable bonds is 4. The van der Waals surface area contributed by atoms with E-state index in [1.54, 1.807) is 6.92 Å². The maximum Gasteiger partial charge on any atom is 0.326 e. The molecule has 19 heavy (non-hydrogen) atoms. The Kier molecular flexibility index (Phi) is 4.80. The van der Waals surface area contributed by atoms with Crippen LogP contribution in [0.3, 0.4) is 0 Å². The topological polar surface area (TPSA) is 69.6 Å². The number of nitrogens with zero attached hydrogens (tertiary/aromatic N) is 1. The van der Waals surface area contributed by atoms with Crippen molar-refractivity contribution in [3.05, 3.63) is 29.8 Å². The van der Waals surface area contributed by atoms with Crippen LogP contribution in [0.1, 0.15) is 13.3 Å². The van der Waals surface area contributed by atoms with Crippen molar-refractivity contribution in [1.29, 1.82) is 0 Å². The molecule has 0 aliphatic heterocycles. The molecule has 1 atom stereocenters. The summed E-state index contributed by atoms with van der Waals surface area (Å²) in [5.41, 5.74) is -0.598. The number of carboxylic acid groups (broad SMARTS) is 1. The number of carbonyl (C=O) groups is 2. The van der Waals surface area contributed by atoms with Crippen LogP contribution in [-0.2, 0) is 4.79 Å². The van der Waals surface area contributed by atoms with Gasteiger partial charge >= 0.3 is 12.0 Å². The van der Waals surface area contributed by atoms with Gasteiger partial charge in [0.05, 0.1) is 0 Å². The van der Waals surface area contributed by atoms with Crippen LogP contribution in [0.4, 0.5) is 19.3 Å². The molecular formula is C12H14F2N2O3. The van der Waals surface area contributed by atoms with Crippen LogP contribution in [0.5, 0.6) is 0 Å². The third-order valence-electron chi connectivity index (χ3n) is 2.65. The summed E-state index contributed by atoms with van der Waals surface area (Å²) in [5, 5.41) is 10.9. The van der Waals surface area contributed by atoms with Crippen LogP contribution in [0, 0.1) is 11.6 Å². The maximum atomic E-state index is 13.3. The zero-order valence-electron chi connectivity index (χ0n) is 10.5. The zero-order chi connectivity index (χ0) is 14.6.